The fraction of sp³-hybridized carbons (Fsp3) is 0.412. The summed E-state index contributed by atoms with van der Waals surface area (Å²) in [6.07, 6.45) is -0.567. The van der Waals surface area contributed by atoms with Crippen LogP contribution in [0.15, 0.2) is 83.8 Å². The Kier molecular flexibility index (Phi) is 10.5. The molecule has 2 saturated heterocycles. The zero-order chi connectivity index (χ0) is 32.0. The Bertz CT molecular complexity index is 1550. The van der Waals surface area contributed by atoms with E-state index in [9.17, 15) is 18.0 Å². The molecule has 0 radical (unpaired) electrons. The molecule has 2 fully saturated rings. The van der Waals surface area contributed by atoms with E-state index in [1.165, 1.54) is 11.4 Å². The fourth-order valence-electron chi connectivity index (χ4n) is 5.88. The Morgan fingerprint density at radius 1 is 0.933 bits per heavy atom. The Hall–Kier alpha value is -3.77. The van der Waals surface area contributed by atoms with E-state index >= 15 is 0 Å². The minimum atomic E-state index is -3.95. The van der Waals surface area contributed by atoms with Crippen molar-refractivity contribution in [1.82, 2.24) is 9.21 Å². The van der Waals surface area contributed by atoms with Crippen LogP contribution < -0.4 is 4.74 Å². The zero-order valence-corrected chi connectivity index (χ0v) is 26.6. The van der Waals surface area contributed by atoms with Crippen LogP contribution in [-0.4, -0.2) is 81.3 Å². The molecular weight excluding hydrogens is 596 g/mol. The number of methoxy groups -OCH3 is 2. The first-order chi connectivity index (χ1) is 21.7. The lowest BCUT2D eigenvalue weighted by molar-refractivity contribution is -0.141. The number of imide groups is 1. The number of rotatable bonds is 12. The van der Waals surface area contributed by atoms with Crippen LogP contribution in [0.3, 0.4) is 0 Å². The van der Waals surface area contributed by atoms with Crippen molar-refractivity contribution >= 4 is 22.0 Å². The summed E-state index contributed by atoms with van der Waals surface area (Å²) in [7, 11) is -0.942. The first-order valence-corrected chi connectivity index (χ1v) is 16.5. The number of carbonyl (C=O) groups is 2. The third-order valence-corrected chi connectivity index (χ3v) is 10.4. The van der Waals surface area contributed by atoms with Crippen LogP contribution in [0.2, 0.25) is 0 Å². The monoisotopic (exact) mass is 636 g/mol. The SMILES string of the molecule is COc1ccc(CO[C@@H]2CC[C@@H](C[C@H](OC)C(=O)N3C(=O)OC[C@@H]3Cc3ccccc3)N(S(=O)(=O)c3ccc(C)cc3)C2)cc1. The molecule has 0 saturated carbocycles. The second kappa shape index (κ2) is 14.6. The molecule has 0 N–H and O–H groups in total. The molecule has 11 heteroatoms. The van der Waals surface area contributed by atoms with Crippen LogP contribution in [0, 0.1) is 6.92 Å². The van der Waals surface area contributed by atoms with Crippen LogP contribution in [-0.2, 0) is 42.1 Å². The molecule has 2 heterocycles. The van der Waals surface area contributed by atoms with Crippen molar-refractivity contribution in [3.05, 3.63) is 95.6 Å². The summed E-state index contributed by atoms with van der Waals surface area (Å²) in [5.74, 6) is 0.206. The van der Waals surface area contributed by atoms with E-state index in [-0.39, 0.29) is 30.6 Å². The van der Waals surface area contributed by atoms with Crippen LogP contribution in [0.25, 0.3) is 0 Å². The minimum Gasteiger partial charge on any atom is -0.497 e. The van der Waals surface area contributed by atoms with Gasteiger partial charge in [0.1, 0.15) is 18.5 Å². The standard InChI is InChI=1S/C34H40N2O8S/c1-24-9-17-31(18-10-24)45(39,40)35-21-30(43-22-26-11-14-29(41-2)15-12-26)16-13-27(35)20-32(42-3)33(37)36-28(23-44-34(36)38)19-25-7-5-4-6-8-25/h4-12,14-15,17-18,27-28,30,32H,13,16,19-23H2,1-3H3/t27-,28-,30+,32-/m0/s1. The van der Waals surface area contributed by atoms with E-state index < -0.39 is 40.2 Å². The van der Waals surface area contributed by atoms with Crippen LogP contribution in [0.5, 0.6) is 5.75 Å². The Morgan fingerprint density at radius 2 is 1.64 bits per heavy atom. The number of cyclic esters (lactones) is 1. The normalized spacial score (nSPS) is 21.4. The number of nitrogens with zero attached hydrogens (tertiary/aromatic N) is 2. The summed E-state index contributed by atoms with van der Waals surface area (Å²) >= 11 is 0. The number of amides is 2. The minimum absolute atomic E-state index is 0.0768. The maximum absolute atomic E-state index is 14.0. The summed E-state index contributed by atoms with van der Waals surface area (Å²) in [4.78, 5) is 27.8. The first kappa shape index (κ1) is 32.6. The van der Waals surface area contributed by atoms with E-state index in [1.54, 1.807) is 31.4 Å². The molecule has 2 aliphatic heterocycles. The molecule has 45 heavy (non-hydrogen) atoms. The van der Waals surface area contributed by atoms with Gasteiger partial charge >= 0.3 is 6.09 Å². The molecule has 0 bridgehead atoms. The molecule has 10 nitrogen and oxygen atoms in total. The molecule has 2 amide bonds. The van der Waals surface area contributed by atoms with Gasteiger partial charge in [0.15, 0.2) is 0 Å². The van der Waals surface area contributed by atoms with Gasteiger partial charge in [-0.05, 0) is 68.0 Å². The highest BCUT2D eigenvalue weighted by Crippen LogP contribution is 2.31. The van der Waals surface area contributed by atoms with Crippen molar-refractivity contribution in [2.75, 3.05) is 27.4 Å². The largest absolute Gasteiger partial charge is 0.497 e. The Balaban J connectivity index is 1.34. The average Bonchev–Trinajstić information content (AvgIpc) is 3.42. The Morgan fingerprint density at radius 3 is 2.31 bits per heavy atom. The molecular formula is C34H40N2O8S. The van der Waals surface area contributed by atoms with E-state index in [2.05, 4.69) is 0 Å². The van der Waals surface area contributed by atoms with Gasteiger partial charge in [-0.3, -0.25) is 4.79 Å². The van der Waals surface area contributed by atoms with Crippen molar-refractivity contribution in [1.29, 1.82) is 0 Å². The Labute approximate surface area is 264 Å². The van der Waals surface area contributed by atoms with Crippen LogP contribution in [0.1, 0.15) is 36.0 Å². The van der Waals surface area contributed by atoms with E-state index in [1.807, 2.05) is 61.5 Å². The number of benzene rings is 3. The van der Waals surface area contributed by atoms with Crippen molar-refractivity contribution in [3.8, 4) is 5.75 Å². The van der Waals surface area contributed by atoms with Crippen molar-refractivity contribution in [2.45, 2.75) is 68.4 Å². The number of hydrogen-bond donors (Lipinski definition) is 0. The fourth-order valence-corrected chi connectivity index (χ4v) is 7.57. The maximum atomic E-state index is 14.0. The summed E-state index contributed by atoms with van der Waals surface area (Å²) in [6.45, 7) is 2.41. The summed E-state index contributed by atoms with van der Waals surface area (Å²) < 4.78 is 51.9. The molecule has 0 aliphatic carbocycles. The molecule has 3 aromatic rings. The van der Waals surface area contributed by atoms with Crippen molar-refractivity contribution in [3.63, 3.8) is 0 Å². The lowest BCUT2D eigenvalue weighted by Gasteiger charge is -2.40. The number of ether oxygens (including phenoxy) is 4. The van der Waals surface area contributed by atoms with E-state index in [4.69, 9.17) is 18.9 Å². The van der Waals surface area contributed by atoms with Gasteiger partial charge in [-0.15, -0.1) is 0 Å². The highest BCUT2D eigenvalue weighted by Gasteiger charge is 2.44. The summed E-state index contributed by atoms with van der Waals surface area (Å²) in [5.41, 5.74) is 2.85. The van der Waals surface area contributed by atoms with Gasteiger partial charge in [0.05, 0.1) is 30.8 Å². The van der Waals surface area contributed by atoms with Gasteiger partial charge in [-0.25, -0.2) is 18.1 Å². The predicted octanol–water partition coefficient (Wildman–Crippen LogP) is 4.74. The van der Waals surface area contributed by atoms with Gasteiger partial charge in [0, 0.05) is 19.7 Å². The smallest absolute Gasteiger partial charge is 0.417 e. The van der Waals surface area contributed by atoms with Crippen LogP contribution in [0.4, 0.5) is 4.79 Å². The van der Waals surface area contributed by atoms with Gasteiger partial charge in [-0.1, -0.05) is 60.2 Å². The highest BCUT2D eigenvalue weighted by atomic mass is 32.2. The predicted molar refractivity (Wildman–Crippen MR) is 167 cm³/mol. The third-order valence-electron chi connectivity index (χ3n) is 8.44. The molecule has 3 aromatic carbocycles. The second-order valence-electron chi connectivity index (χ2n) is 11.5. The van der Waals surface area contributed by atoms with Gasteiger partial charge in [-0.2, -0.15) is 4.31 Å². The quantitative estimate of drug-likeness (QED) is 0.281. The highest BCUT2D eigenvalue weighted by molar-refractivity contribution is 7.89. The van der Waals surface area contributed by atoms with Gasteiger partial charge < -0.3 is 18.9 Å². The molecule has 4 atom stereocenters. The molecule has 0 aromatic heterocycles. The summed E-state index contributed by atoms with van der Waals surface area (Å²) in [6, 6.07) is 22.8. The number of sulfonamides is 1. The molecule has 5 rings (SSSR count). The molecule has 0 unspecified atom stereocenters. The van der Waals surface area contributed by atoms with Crippen LogP contribution >= 0.6 is 0 Å². The zero-order valence-electron chi connectivity index (χ0n) is 25.8. The second-order valence-corrected chi connectivity index (χ2v) is 13.4. The maximum Gasteiger partial charge on any atom is 0.417 e. The number of piperidine rings is 1. The van der Waals surface area contributed by atoms with E-state index in [0.29, 0.717) is 25.9 Å². The average molecular weight is 637 g/mol. The van der Waals surface area contributed by atoms with Crippen molar-refractivity contribution < 1.29 is 37.0 Å². The molecule has 0 spiro atoms. The topological polar surface area (TPSA) is 112 Å². The number of carbonyl (C=O) groups excluding carboxylic acids is 2. The number of hydrogen-bond acceptors (Lipinski definition) is 8. The lowest BCUT2D eigenvalue weighted by Crippen LogP contribution is -2.53. The lowest BCUT2D eigenvalue weighted by atomic mass is 9.96. The summed E-state index contributed by atoms with van der Waals surface area (Å²) in [5, 5.41) is 0. The van der Waals surface area contributed by atoms with Gasteiger partial charge in [0.25, 0.3) is 5.91 Å². The first-order valence-electron chi connectivity index (χ1n) is 15.1. The molecule has 240 valence electrons. The van der Waals surface area contributed by atoms with Crippen molar-refractivity contribution in [2.24, 2.45) is 0 Å². The molecule has 2 aliphatic rings. The number of aryl methyl sites for hydroxylation is 1. The van der Waals surface area contributed by atoms with Gasteiger partial charge in [0.2, 0.25) is 10.0 Å². The van der Waals surface area contributed by atoms with E-state index in [0.717, 1.165) is 27.3 Å². The third kappa shape index (κ3) is 7.73.